The van der Waals surface area contributed by atoms with Gasteiger partial charge in [-0.2, -0.15) is 5.01 Å². The molecule has 1 aromatic rings. The number of nitrogens with one attached hydrogen (secondary N) is 2. The van der Waals surface area contributed by atoms with Gasteiger partial charge in [0.2, 0.25) is 0 Å². The molecule has 6 heteroatoms. The molecule has 0 atom stereocenters. The van der Waals surface area contributed by atoms with Gasteiger partial charge in [-0.05, 0) is 30.8 Å². The molecule has 2 N–H and O–H groups in total. The molecule has 1 aliphatic heterocycles. The maximum Gasteiger partial charge on any atom is 0.280 e. The first-order valence-electron chi connectivity index (χ1n) is 5.67. The maximum absolute atomic E-state index is 12.0. The molecule has 94 valence electrons. The SMILES string of the molecule is CCCNC(=S)NN1C(=O)c2ccccc2C1=O. The van der Waals surface area contributed by atoms with Crippen LogP contribution in [0.1, 0.15) is 34.1 Å². The molecule has 0 saturated carbocycles. The highest BCUT2D eigenvalue weighted by Gasteiger charge is 2.35. The van der Waals surface area contributed by atoms with Crippen molar-refractivity contribution in [1.29, 1.82) is 0 Å². The van der Waals surface area contributed by atoms with Crippen molar-refractivity contribution in [2.45, 2.75) is 13.3 Å². The zero-order chi connectivity index (χ0) is 13.1. The van der Waals surface area contributed by atoms with E-state index in [9.17, 15) is 9.59 Å². The highest BCUT2D eigenvalue weighted by Crippen LogP contribution is 2.20. The smallest absolute Gasteiger partial charge is 0.280 e. The Morgan fingerprint density at radius 3 is 2.28 bits per heavy atom. The third-order valence-corrected chi connectivity index (χ3v) is 2.78. The topological polar surface area (TPSA) is 61.4 Å². The van der Waals surface area contributed by atoms with Crippen molar-refractivity contribution in [2.24, 2.45) is 0 Å². The summed E-state index contributed by atoms with van der Waals surface area (Å²) in [5, 5.41) is 4.11. The predicted molar refractivity (Wildman–Crippen MR) is 71.0 cm³/mol. The normalized spacial score (nSPS) is 13.5. The van der Waals surface area contributed by atoms with Gasteiger partial charge in [-0.25, -0.2) is 0 Å². The molecule has 2 amide bonds. The molecule has 1 heterocycles. The molecule has 1 aromatic carbocycles. The van der Waals surface area contributed by atoms with Gasteiger partial charge in [0, 0.05) is 6.54 Å². The van der Waals surface area contributed by atoms with E-state index in [1.165, 1.54) is 0 Å². The lowest BCUT2D eigenvalue weighted by Gasteiger charge is -2.17. The number of fused-ring (bicyclic) bond motifs is 1. The zero-order valence-electron chi connectivity index (χ0n) is 9.90. The molecule has 2 rings (SSSR count). The van der Waals surface area contributed by atoms with Crippen LogP contribution in [0.25, 0.3) is 0 Å². The summed E-state index contributed by atoms with van der Waals surface area (Å²) in [4.78, 5) is 23.9. The number of hydrazine groups is 1. The summed E-state index contributed by atoms with van der Waals surface area (Å²) >= 11 is 5.00. The zero-order valence-corrected chi connectivity index (χ0v) is 10.7. The van der Waals surface area contributed by atoms with Crippen LogP contribution in [0, 0.1) is 0 Å². The van der Waals surface area contributed by atoms with Crippen LogP contribution in [0.4, 0.5) is 0 Å². The van der Waals surface area contributed by atoms with E-state index in [-0.39, 0.29) is 16.9 Å². The third-order valence-electron chi connectivity index (χ3n) is 2.54. The first-order valence-corrected chi connectivity index (χ1v) is 6.08. The second-order valence-electron chi connectivity index (χ2n) is 3.86. The van der Waals surface area contributed by atoms with Gasteiger partial charge in [-0.15, -0.1) is 0 Å². The van der Waals surface area contributed by atoms with Gasteiger partial charge in [-0.3, -0.25) is 15.0 Å². The van der Waals surface area contributed by atoms with Gasteiger partial charge in [0.15, 0.2) is 5.11 Å². The fourth-order valence-electron chi connectivity index (χ4n) is 1.67. The van der Waals surface area contributed by atoms with E-state index in [1.54, 1.807) is 24.3 Å². The number of benzene rings is 1. The summed E-state index contributed by atoms with van der Waals surface area (Å²) in [5.41, 5.74) is 3.41. The minimum absolute atomic E-state index is 0.270. The van der Waals surface area contributed by atoms with E-state index in [2.05, 4.69) is 10.7 Å². The molecule has 0 spiro atoms. The van der Waals surface area contributed by atoms with Crippen LogP contribution >= 0.6 is 12.2 Å². The molecule has 0 saturated heterocycles. The van der Waals surface area contributed by atoms with Crippen molar-refractivity contribution in [3.63, 3.8) is 0 Å². The second-order valence-corrected chi connectivity index (χ2v) is 4.27. The molecule has 1 aliphatic rings. The van der Waals surface area contributed by atoms with Crippen molar-refractivity contribution in [3.8, 4) is 0 Å². The summed E-state index contributed by atoms with van der Waals surface area (Å²) in [6.45, 7) is 2.69. The average Bonchev–Trinajstić information content (AvgIpc) is 2.62. The van der Waals surface area contributed by atoms with Gasteiger partial charge in [-0.1, -0.05) is 19.1 Å². The van der Waals surface area contributed by atoms with E-state index in [0.29, 0.717) is 17.7 Å². The molecular weight excluding hydrogens is 250 g/mol. The molecule has 5 nitrogen and oxygen atoms in total. The maximum atomic E-state index is 12.0. The van der Waals surface area contributed by atoms with Crippen molar-refractivity contribution >= 4 is 29.1 Å². The van der Waals surface area contributed by atoms with Crippen LogP contribution in [0.5, 0.6) is 0 Å². The standard InChI is InChI=1S/C12H13N3O2S/c1-2-7-13-12(18)14-15-10(16)8-5-3-4-6-9(8)11(15)17/h3-6H,2,7H2,1H3,(H2,13,14,18). The van der Waals surface area contributed by atoms with Gasteiger partial charge < -0.3 is 5.32 Å². The first-order chi connectivity index (χ1) is 8.65. The van der Waals surface area contributed by atoms with E-state index < -0.39 is 0 Å². The quantitative estimate of drug-likeness (QED) is 0.631. The third kappa shape index (κ3) is 2.19. The number of rotatable bonds is 3. The van der Waals surface area contributed by atoms with Crippen molar-refractivity contribution < 1.29 is 9.59 Å². The Kier molecular flexibility index (Phi) is 3.57. The largest absolute Gasteiger partial charge is 0.361 e. The Morgan fingerprint density at radius 2 is 1.78 bits per heavy atom. The molecule has 0 aromatic heterocycles. The fraction of sp³-hybridized carbons (Fsp3) is 0.250. The number of hydrogen-bond donors (Lipinski definition) is 2. The van der Waals surface area contributed by atoms with Crippen LogP contribution in [0.15, 0.2) is 24.3 Å². The van der Waals surface area contributed by atoms with Crippen molar-refractivity contribution in [2.75, 3.05) is 6.54 Å². The lowest BCUT2D eigenvalue weighted by atomic mass is 10.1. The highest BCUT2D eigenvalue weighted by atomic mass is 32.1. The molecule has 0 bridgehead atoms. The highest BCUT2D eigenvalue weighted by molar-refractivity contribution is 7.80. The number of nitrogens with zero attached hydrogens (tertiary/aromatic N) is 1. The molecule has 0 unspecified atom stereocenters. The number of carbonyl (C=O) groups is 2. The molecule has 0 radical (unpaired) electrons. The van der Waals surface area contributed by atoms with Crippen LogP contribution in [-0.2, 0) is 0 Å². The Hall–Kier alpha value is -1.95. The lowest BCUT2D eigenvalue weighted by molar-refractivity contribution is 0.0611. The van der Waals surface area contributed by atoms with E-state index >= 15 is 0 Å². The number of hydrogen-bond acceptors (Lipinski definition) is 3. The van der Waals surface area contributed by atoms with Gasteiger partial charge in [0.05, 0.1) is 11.1 Å². The Balaban J connectivity index is 2.11. The summed E-state index contributed by atoms with van der Waals surface area (Å²) in [6.07, 6.45) is 0.907. The number of imide groups is 1. The summed E-state index contributed by atoms with van der Waals surface area (Å²) in [5.74, 6) is -0.757. The minimum Gasteiger partial charge on any atom is -0.361 e. The first kappa shape index (κ1) is 12.5. The van der Waals surface area contributed by atoms with Gasteiger partial charge in [0.25, 0.3) is 11.8 Å². The van der Waals surface area contributed by atoms with Gasteiger partial charge in [0.1, 0.15) is 0 Å². The Morgan fingerprint density at radius 1 is 1.22 bits per heavy atom. The lowest BCUT2D eigenvalue weighted by Crippen LogP contribution is -2.50. The number of thiocarbonyl (C=S) groups is 1. The Labute approximate surface area is 110 Å². The van der Waals surface area contributed by atoms with Crippen LogP contribution < -0.4 is 10.7 Å². The summed E-state index contributed by atoms with van der Waals surface area (Å²) < 4.78 is 0. The fourth-order valence-corrected chi connectivity index (χ4v) is 1.86. The average molecular weight is 263 g/mol. The number of amides is 2. The summed E-state index contributed by atoms with van der Waals surface area (Å²) in [7, 11) is 0. The molecule has 18 heavy (non-hydrogen) atoms. The van der Waals surface area contributed by atoms with E-state index in [1.807, 2.05) is 6.92 Å². The Bertz CT molecular complexity index is 481. The minimum atomic E-state index is -0.378. The monoisotopic (exact) mass is 263 g/mol. The summed E-state index contributed by atoms with van der Waals surface area (Å²) in [6, 6.07) is 6.70. The van der Waals surface area contributed by atoms with Crippen molar-refractivity contribution in [1.82, 2.24) is 15.8 Å². The number of carbonyl (C=O) groups excluding carboxylic acids is 2. The molecule has 0 aliphatic carbocycles. The molecule has 0 fully saturated rings. The van der Waals surface area contributed by atoms with E-state index in [4.69, 9.17) is 12.2 Å². The second kappa shape index (κ2) is 5.14. The van der Waals surface area contributed by atoms with Gasteiger partial charge >= 0.3 is 0 Å². The van der Waals surface area contributed by atoms with E-state index in [0.717, 1.165) is 11.4 Å². The van der Waals surface area contributed by atoms with Crippen molar-refractivity contribution in [3.05, 3.63) is 35.4 Å². The van der Waals surface area contributed by atoms with Crippen LogP contribution in [0.3, 0.4) is 0 Å². The molecular formula is C12H13N3O2S. The van der Waals surface area contributed by atoms with Crippen LogP contribution in [0.2, 0.25) is 0 Å². The van der Waals surface area contributed by atoms with Crippen LogP contribution in [-0.4, -0.2) is 28.5 Å². The predicted octanol–water partition coefficient (Wildman–Crippen LogP) is 1.07.